The number of hydrogen-bond acceptors (Lipinski definition) is 4. The SMILES string of the molecule is S=C[S-].S=C[S-].[Zn+2]. The Morgan fingerprint density at radius 3 is 1.00 bits per heavy atom. The van der Waals surface area contributed by atoms with Crippen molar-refractivity contribution in [2.24, 2.45) is 0 Å². The van der Waals surface area contributed by atoms with E-state index in [0.29, 0.717) is 0 Å². The van der Waals surface area contributed by atoms with Gasteiger partial charge in [-0.2, -0.15) is 9.40 Å². The summed E-state index contributed by atoms with van der Waals surface area (Å²) in [5.74, 6) is 0. The molecule has 0 fully saturated rings. The summed E-state index contributed by atoms with van der Waals surface area (Å²) in [5.41, 5.74) is 0. The monoisotopic (exact) mass is 218 g/mol. The van der Waals surface area contributed by atoms with Crippen LogP contribution in [0.4, 0.5) is 0 Å². The minimum Gasteiger partial charge on any atom is -0.436 e. The van der Waals surface area contributed by atoms with Crippen LogP contribution in [0.25, 0.3) is 0 Å². The van der Waals surface area contributed by atoms with E-state index in [9.17, 15) is 0 Å². The summed E-state index contributed by atoms with van der Waals surface area (Å²) in [5, 5.41) is 0. The summed E-state index contributed by atoms with van der Waals surface area (Å²) in [6, 6.07) is 0. The fraction of sp³-hybridized carbons (Fsp3) is 0. The van der Waals surface area contributed by atoms with Crippen LogP contribution in [0.3, 0.4) is 0 Å². The molecule has 0 unspecified atom stereocenters. The molecule has 0 aromatic rings. The normalized spacial score (nSPS) is 3.43. The molecule has 5 heteroatoms. The quantitative estimate of drug-likeness (QED) is 0.338. The second-order valence-electron chi connectivity index (χ2n) is 0.192. The van der Waals surface area contributed by atoms with Gasteiger partial charge in [-0.25, -0.2) is 0 Å². The van der Waals surface area contributed by atoms with Gasteiger partial charge in [0, 0.05) is 0 Å². The Hall–Kier alpha value is 1.24. The van der Waals surface area contributed by atoms with Gasteiger partial charge in [0.2, 0.25) is 0 Å². The van der Waals surface area contributed by atoms with Gasteiger partial charge >= 0.3 is 19.5 Å². The molecule has 0 aliphatic heterocycles. The molecule has 0 spiro atoms. The first-order chi connectivity index (χ1) is 2.83. The van der Waals surface area contributed by atoms with Gasteiger partial charge in [0.05, 0.1) is 0 Å². The minimum absolute atomic E-state index is 0. The Morgan fingerprint density at radius 1 is 1.00 bits per heavy atom. The van der Waals surface area contributed by atoms with Gasteiger partial charge in [-0.1, -0.05) is 0 Å². The molecular formula is C2H2S4Zn. The molecule has 0 saturated heterocycles. The predicted molar refractivity (Wildman–Crippen MR) is 42.0 cm³/mol. The second-order valence-corrected chi connectivity index (χ2v) is 1.73. The van der Waals surface area contributed by atoms with Gasteiger partial charge in [-0.15, -0.1) is 0 Å². The van der Waals surface area contributed by atoms with E-state index in [0.717, 1.165) is 0 Å². The third kappa shape index (κ3) is 129. The maximum Gasteiger partial charge on any atom is 2.00 e. The van der Waals surface area contributed by atoms with Crippen molar-refractivity contribution in [2.45, 2.75) is 0 Å². The van der Waals surface area contributed by atoms with Crippen LogP contribution in [0.15, 0.2) is 0 Å². The molecule has 0 N–H and O–H groups in total. The van der Waals surface area contributed by atoms with E-state index in [2.05, 4.69) is 49.7 Å². The first-order valence-corrected chi connectivity index (χ1v) is 2.83. The van der Waals surface area contributed by atoms with Crippen molar-refractivity contribution in [3.8, 4) is 0 Å². The summed E-state index contributed by atoms with van der Waals surface area (Å²) in [4.78, 5) is 0. The summed E-state index contributed by atoms with van der Waals surface area (Å²) >= 11 is 16.3. The van der Waals surface area contributed by atoms with E-state index >= 15 is 0 Å². The van der Waals surface area contributed by atoms with Crippen LogP contribution >= 0.6 is 24.4 Å². The molecule has 0 atom stereocenters. The van der Waals surface area contributed by atoms with E-state index in [1.807, 2.05) is 0 Å². The first kappa shape index (κ1) is 15.7. The van der Waals surface area contributed by atoms with Crippen LogP contribution in [-0.2, 0) is 44.7 Å². The summed E-state index contributed by atoms with van der Waals surface area (Å²) < 4.78 is 2.33. The minimum atomic E-state index is 0. The molecule has 36 valence electrons. The molecule has 0 rings (SSSR count). The van der Waals surface area contributed by atoms with Gasteiger partial charge in [-0.3, -0.25) is 0 Å². The summed E-state index contributed by atoms with van der Waals surface area (Å²) in [6.07, 6.45) is 0. The molecule has 7 heavy (non-hydrogen) atoms. The van der Waals surface area contributed by atoms with Crippen LogP contribution in [0.1, 0.15) is 0 Å². The van der Waals surface area contributed by atoms with Crippen molar-refractivity contribution in [3.63, 3.8) is 0 Å². The fourth-order valence-corrected chi connectivity index (χ4v) is 0. The Bertz CT molecular complexity index is 30.7. The smallest absolute Gasteiger partial charge is 0.436 e. The molecule has 0 aliphatic carbocycles. The zero-order chi connectivity index (χ0) is 5.41. The van der Waals surface area contributed by atoms with Crippen LogP contribution in [-0.4, -0.2) is 9.40 Å². The van der Waals surface area contributed by atoms with E-state index in [-0.39, 0.29) is 19.5 Å². The fourth-order valence-electron chi connectivity index (χ4n) is 0. The zero-order valence-corrected chi connectivity index (χ0v) is 9.73. The van der Waals surface area contributed by atoms with Crippen LogP contribution in [0, 0.1) is 0 Å². The number of rotatable bonds is 0. The third-order valence-corrected chi connectivity index (χ3v) is 0. The molecule has 0 aromatic carbocycles. The molecule has 0 saturated carbocycles. The van der Waals surface area contributed by atoms with Crippen LogP contribution in [0.5, 0.6) is 0 Å². The van der Waals surface area contributed by atoms with Gasteiger partial charge in [0.15, 0.2) is 0 Å². The molecular weight excluding hydrogens is 218 g/mol. The topological polar surface area (TPSA) is 0 Å². The average Bonchev–Trinajstić information content (AvgIpc) is 1.39. The van der Waals surface area contributed by atoms with Gasteiger partial charge < -0.3 is 49.7 Å². The Morgan fingerprint density at radius 2 is 1.00 bits per heavy atom. The zero-order valence-electron chi connectivity index (χ0n) is 3.49. The molecule has 0 amide bonds. The predicted octanol–water partition coefficient (Wildman–Crippen LogP) is 0.979. The maximum absolute atomic E-state index is 4.08. The maximum atomic E-state index is 4.08. The van der Waals surface area contributed by atoms with Gasteiger partial charge in [0.1, 0.15) is 0 Å². The van der Waals surface area contributed by atoms with Crippen LogP contribution in [0.2, 0.25) is 0 Å². The summed E-state index contributed by atoms with van der Waals surface area (Å²) in [6.45, 7) is 0. The van der Waals surface area contributed by atoms with Crippen molar-refractivity contribution in [3.05, 3.63) is 0 Å². The Balaban J connectivity index is -0.0000000400. The first-order valence-electron chi connectivity index (χ1n) is 0.943. The van der Waals surface area contributed by atoms with Crippen molar-refractivity contribution < 1.29 is 19.5 Å². The van der Waals surface area contributed by atoms with E-state index in [4.69, 9.17) is 0 Å². The van der Waals surface area contributed by atoms with Crippen molar-refractivity contribution in [1.29, 1.82) is 0 Å². The van der Waals surface area contributed by atoms with Crippen molar-refractivity contribution in [1.82, 2.24) is 0 Å². The average molecular weight is 220 g/mol. The second kappa shape index (κ2) is 26.8. The molecule has 0 radical (unpaired) electrons. The Kier molecular flexibility index (Phi) is 60.3. The standard InChI is InChI=1S/2CH2S2.Zn/c2*2-1-3;/h2*1H,(H,2,3);/q;;+2/p-2. The van der Waals surface area contributed by atoms with E-state index in [1.165, 1.54) is 9.40 Å². The van der Waals surface area contributed by atoms with Crippen molar-refractivity contribution >= 4 is 59.1 Å². The van der Waals surface area contributed by atoms with E-state index < -0.39 is 0 Å². The molecule has 0 heterocycles. The number of hydrogen-bond donors (Lipinski definition) is 0. The summed E-state index contributed by atoms with van der Waals surface area (Å²) in [7, 11) is 0. The van der Waals surface area contributed by atoms with Gasteiger partial charge in [0.25, 0.3) is 0 Å². The molecule has 0 nitrogen and oxygen atoms in total. The van der Waals surface area contributed by atoms with E-state index in [1.54, 1.807) is 0 Å². The number of thiocarbonyl (C=S) groups is 2. The molecule has 0 bridgehead atoms. The van der Waals surface area contributed by atoms with Crippen molar-refractivity contribution in [2.75, 3.05) is 0 Å². The van der Waals surface area contributed by atoms with Crippen LogP contribution < -0.4 is 0 Å². The largest absolute Gasteiger partial charge is 2.00 e. The molecule has 0 aliphatic rings. The van der Waals surface area contributed by atoms with Gasteiger partial charge in [-0.05, 0) is 0 Å². The third-order valence-electron chi connectivity index (χ3n) is 0. The molecule has 0 aromatic heterocycles. The Labute approximate surface area is 78.0 Å².